The molecule has 1 N–H and O–H groups in total. The Kier molecular flexibility index (Phi) is 6.95. The number of nitrogens with one attached hydrogen (secondary N) is 1. The Labute approximate surface area is 133 Å². The predicted molar refractivity (Wildman–Crippen MR) is 75.1 cm³/mol. The van der Waals surface area contributed by atoms with Crippen molar-refractivity contribution >= 4 is 23.8 Å². The highest BCUT2D eigenvalue weighted by molar-refractivity contribution is 5.73. The first-order chi connectivity index (χ1) is 10.7. The van der Waals surface area contributed by atoms with Crippen molar-refractivity contribution in [2.45, 2.75) is 52.0 Å². The second kappa shape index (κ2) is 8.47. The van der Waals surface area contributed by atoms with Crippen LogP contribution in [0.5, 0.6) is 0 Å². The third-order valence-electron chi connectivity index (χ3n) is 3.04. The van der Waals surface area contributed by atoms with E-state index in [0.29, 0.717) is 0 Å². The highest BCUT2D eigenvalue weighted by atomic mass is 16.6. The van der Waals surface area contributed by atoms with Crippen molar-refractivity contribution in [2.75, 3.05) is 13.2 Å². The molecule has 1 heterocycles. The first-order valence-corrected chi connectivity index (χ1v) is 7.07. The molecule has 0 bridgehead atoms. The summed E-state index contributed by atoms with van der Waals surface area (Å²) < 4.78 is 20.7. The summed E-state index contributed by atoms with van der Waals surface area (Å²) in [4.78, 5) is 44.9. The summed E-state index contributed by atoms with van der Waals surface area (Å²) >= 11 is 0. The maximum absolute atomic E-state index is 11.4. The highest BCUT2D eigenvalue weighted by Crippen LogP contribution is 2.22. The first-order valence-electron chi connectivity index (χ1n) is 7.07. The van der Waals surface area contributed by atoms with Gasteiger partial charge in [0, 0.05) is 27.7 Å². The monoisotopic (exact) mass is 331 g/mol. The Balaban J connectivity index is 2.98. The lowest BCUT2D eigenvalue weighted by Crippen LogP contribution is -2.63. The Bertz CT molecular complexity index is 477. The van der Waals surface area contributed by atoms with E-state index in [1.807, 2.05) is 0 Å². The van der Waals surface area contributed by atoms with Crippen molar-refractivity contribution in [3.63, 3.8) is 0 Å². The molecule has 0 radical (unpaired) electrons. The van der Waals surface area contributed by atoms with Gasteiger partial charge in [0.2, 0.25) is 5.91 Å². The number of esters is 3. The maximum Gasteiger partial charge on any atom is 0.303 e. The topological polar surface area (TPSA) is 117 Å². The molecule has 1 fully saturated rings. The van der Waals surface area contributed by atoms with Crippen LogP contribution >= 0.6 is 0 Å². The standard InChI is InChI=1S/C14H21NO8/c1-7(16)15-13-11(5-20-8(2)17)21-6-12(22-9(3)18)14(13)23-10(4)19/h11-14H,5-6H2,1-4H3,(H,15,16)/t11-,12+,13-,14-/m1/s1. The smallest absolute Gasteiger partial charge is 0.303 e. The quantitative estimate of drug-likeness (QED) is 0.520. The molecule has 0 saturated carbocycles. The van der Waals surface area contributed by atoms with Gasteiger partial charge >= 0.3 is 17.9 Å². The minimum atomic E-state index is -0.949. The van der Waals surface area contributed by atoms with E-state index in [1.54, 1.807) is 0 Å². The van der Waals surface area contributed by atoms with Crippen LogP contribution in [0.15, 0.2) is 0 Å². The summed E-state index contributed by atoms with van der Waals surface area (Å²) in [7, 11) is 0. The number of rotatable bonds is 5. The third-order valence-corrected chi connectivity index (χ3v) is 3.04. The van der Waals surface area contributed by atoms with Crippen molar-refractivity contribution in [3.05, 3.63) is 0 Å². The first kappa shape index (κ1) is 18.9. The Morgan fingerprint density at radius 3 is 2.09 bits per heavy atom. The molecular weight excluding hydrogens is 310 g/mol. The minimum Gasteiger partial charge on any atom is -0.463 e. The van der Waals surface area contributed by atoms with Crippen molar-refractivity contribution in [2.24, 2.45) is 0 Å². The van der Waals surface area contributed by atoms with Gasteiger partial charge < -0.3 is 24.3 Å². The molecule has 23 heavy (non-hydrogen) atoms. The van der Waals surface area contributed by atoms with Crippen LogP contribution in [0.3, 0.4) is 0 Å². The normalized spacial score (nSPS) is 26.8. The van der Waals surface area contributed by atoms with E-state index in [9.17, 15) is 19.2 Å². The minimum absolute atomic E-state index is 0.0560. The number of ether oxygens (including phenoxy) is 4. The molecule has 1 aliphatic rings. The Morgan fingerprint density at radius 2 is 1.61 bits per heavy atom. The number of hydrogen-bond donors (Lipinski definition) is 1. The molecule has 0 spiro atoms. The van der Waals surface area contributed by atoms with Crippen molar-refractivity contribution in [1.29, 1.82) is 0 Å². The molecule has 0 aromatic heterocycles. The zero-order valence-electron chi connectivity index (χ0n) is 13.5. The average Bonchev–Trinajstić information content (AvgIpc) is 2.39. The van der Waals surface area contributed by atoms with E-state index in [0.717, 1.165) is 0 Å². The maximum atomic E-state index is 11.4. The summed E-state index contributed by atoms with van der Waals surface area (Å²) in [6.07, 6.45) is -2.56. The van der Waals surface area contributed by atoms with Gasteiger partial charge in [-0.1, -0.05) is 0 Å². The third kappa shape index (κ3) is 6.23. The lowest BCUT2D eigenvalue weighted by atomic mass is 9.96. The van der Waals surface area contributed by atoms with Gasteiger partial charge in [-0.3, -0.25) is 19.2 Å². The zero-order valence-corrected chi connectivity index (χ0v) is 13.5. The largest absolute Gasteiger partial charge is 0.463 e. The SMILES string of the molecule is CC(=O)N[C@H]1[C@H](OC(C)=O)[C@@H](OC(C)=O)CO[C@@H]1COC(C)=O. The van der Waals surface area contributed by atoms with Gasteiger partial charge in [-0.25, -0.2) is 0 Å². The summed E-state index contributed by atoms with van der Waals surface area (Å²) in [6, 6.07) is -0.825. The molecule has 0 aromatic rings. The Hall–Kier alpha value is -2.16. The Morgan fingerprint density at radius 1 is 1.00 bits per heavy atom. The van der Waals surface area contributed by atoms with Gasteiger partial charge in [-0.15, -0.1) is 0 Å². The number of hydrogen-bond acceptors (Lipinski definition) is 8. The van der Waals surface area contributed by atoms with Crippen molar-refractivity contribution in [1.82, 2.24) is 5.32 Å². The van der Waals surface area contributed by atoms with Gasteiger partial charge in [0.25, 0.3) is 0 Å². The second-order valence-corrected chi connectivity index (χ2v) is 5.12. The summed E-state index contributed by atoms with van der Waals surface area (Å²) in [5.41, 5.74) is 0. The zero-order chi connectivity index (χ0) is 17.6. The van der Waals surface area contributed by atoms with Crippen LogP contribution < -0.4 is 5.32 Å². The number of amides is 1. The molecule has 1 aliphatic heterocycles. The molecule has 4 atom stereocenters. The lowest BCUT2D eigenvalue weighted by molar-refractivity contribution is -0.200. The second-order valence-electron chi connectivity index (χ2n) is 5.12. The van der Waals surface area contributed by atoms with Crippen molar-refractivity contribution < 1.29 is 38.1 Å². The van der Waals surface area contributed by atoms with Gasteiger partial charge in [-0.05, 0) is 0 Å². The summed E-state index contributed by atoms with van der Waals surface area (Å²) in [6.45, 7) is 4.74. The highest BCUT2D eigenvalue weighted by Gasteiger charge is 2.45. The van der Waals surface area contributed by atoms with E-state index in [1.165, 1.54) is 27.7 Å². The molecule has 1 saturated heterocycles. The van der Waals surface area contributed by atoms with Crippen molar-refractivity contribution in [3.8, 4) is 0 Å². The molecule has 0 aliphatic carbocycles. The molecule has 0 unspecified atom stereocenters. The van der Waals surface area contributed by atoms with Crippen LogP contribution in [0.25, 0.3) is 0 Å². The van der Waals surface area contributed by atoms with E-state index in [4.69, 9.17) is 18.9 Å². The van der Waals surface area contributed by atoms with E-state index >= 15 is 0 Å². The number of carbonyl (C=O) groups is 4. The van der Waals surface area contributed by atoms with Crippen LogP contribution in [0, 0.1) is 0 Å². The molecule has 9 heteroatoms. The van der Waals surface area contributed by atoms with Crippen LogP contribution in [0.4, 0.5) is 0 Å². The average molecular weight is 331 g/mol. The van der Waals surface area contributed by atoms with Crippen LogP contribution in [0.1, 0.15) is 27.7 Å². The fourth-order valence-electron chi connectivity index (χ4n) is 2.28. The van der Waals surface area contributed by atoms with Crippen LogP contribution in [-0.2, 0) is 38.1 Å². The van der Waals surface area contributed by atoms with Gasteiger partial charge in [0.1, 0.15) is 12.7 Å². The molecule has 130 valence electrons. The van der Waals surface area contributed by atoms with Gasteiger partial charge in [-0.2, -0.15) is 0 Å². The molecule has 1 rings (SSSR count). The van der Waals surface area contributed by atoms with Crippen LogP contribution in [0.2, 0.25) is 0 Å². The molecule has 0 aromatic carbocycles. The van der Waals surface area contributed by atoms with Gasteiger partial charge in [0.05, 0.1) is 12.6 Å². The van der Waals surface area contributed by atoms with E-state index < -0.39 is 48.2 Å². The fraction of sp³-hybridized carbons (Fsp3) is 0.714. The van der Waals surface area contributed by atoms with Gasteiger partial charge in [0.15, 0.2) is 12.2 Å². The van der Waals surface area contributed by atoms with E-state index in [-0.39, 0.29) is 13.2 Å². The number of carbonyl (C=O) groups excluding carboxylic acids is 4. The molecule has 9 nitrogen and oxygen atoms in total. The summed E-state index contributed by atoms with van der Waals surface area (Å²) in [5.74, 6) is -2.08. The summed E-state index contributed by atoms with van der Waals surface area (Å²) in [5, 5.41) is 2.59. The lowest BCUT2D eigenvalue weighted by Gasteiger charge is -2.41. The fourth-order valence-corrected chi connectivity index (χ4v) is 2.28. The van der Waals surface area contributed by atoms with Crippen LogP contribution in [-0.4, -0.2) is 61.4 Å². The van der Waals surface area contributed by atoms with E-state index in [2.05, 4.69) is 5.32 Å². The molecular formula is C14H21NO8. The predicted octanol–water partition coefficient (Wildman–Crippen LogP) is -0.684. The molecule has 1 amide bonds.